The summed E-state index contributed by atoms with van der Waals surface area (Å²) in [5, 5.41) is 6.02. The molecular formula is C14H17N3O2. The minimum atomic E-state index is -0.412. The van der Waals surface area contributed by atoms with Crippen LogP contribution in [0.15, 0.2) is 24.3 Å². The van der Waals surface area contributed by atoms with Crippen molar-refractivity contribution in [3.05, 3.63) is 24.3 Å². The predicted molar refractivity (Wildman–Crippen MR) is 73.0 cm³/mol. The van der Waals surface area contributed by atoms with E-state index < -0.39 is 5.41 Å². The molecule has 0 spiro atoms. The van der Waals surface area contributed by atoms with Gasteiger partial charge in [-0.1, -0.05) is 12.1 Å². The highest BCUT2D eigenvalue weighted by molar-refractivity contribution is 6.11. The van der Waals surface area contributed by atoms with Gasteiger partial charge in [-0.2, -0.15) is 0 Å². The molecule has 0 aliphatic carbocycles. The van der Waals surface area contributed by atoms with Gasteiger partial charge in [0.05, 0.1) is 16.8 Å². The second kappa shape index (κ2) is 4.35. The fraction of sp³-hybridized carbons (Fsp3) is 0.429. The van der Waals surface area contributed by atoms with Crippen LogP contribution in [0.25, 0.3) is 0 Å². The van der Waals surface area contributed by atoms with Gasteiger partial charge in [-0.05, 0) is 32.0 Å². The smallest absolute Gasteiger partial charge is 0.244 e. The Morgan fingerprint density at radius 3 is 2.89 bits per heavy atom. The van der Waals surface area contributed by atoms with Crippen molar-refractivity contribution in [3.63, 3.8) is 0 Å². The molecule has 1 aromatic rings. The van der Waals surface area contributed by atoms with Crippen LogP contribution in [0.4, 0.5) is 11.4 Å². The number of nitrogens with zero attached hydrogens (tertiary/aromatic N) is 1. The molecular weight excluding hydrogens is 242 g/mol. The van der Waals surface area contributed by atoms with Gasteiger partial charge < -0.3 is 15.5 Å². The van der Waals surface area contributed by atoms with Crippen LogP contribution < -0.4 is 15.5 Å². The zero-order valence-corrected chi connectivity index (χ0v) is 10.9. The molecule has 100 valence electrons. The van der Waals surface area contributed by atoms with Crippen molar-refractivity contribution < 1.29 is 9.59 Å². The molecule has 0 aromatic heterocycles. The number of benzene rings is 1. The van der Waals surface area contributed by atoms with Crippen LogP contribution in [0.1, 0.15) is 13.3 Å². The van der Waals surface area contributed by atoms with Crippen LogP contribution in [0.2, 0.25) is 0 Å². The van der Waals surface area contributed by atoms with Crippen LogP contribution in [0.3, 0.4) is 0 Å². The highest BCUT2D eigenvalue weighted by Crippen LogP contribution is 2.34. The first-order chi connectivity index (χ1) is 9.10. The summed E-state index contributed by atoms with van der Waals surface area (Å²) in [6.45, 7) is 3.59. The van der Waals surface area contributed by atoms with Gasteiger partial charge in [0.25, 0.3) is 0 Å². The monoisotopic (exact) mass is 259 g/mol. The van der Waals surface area contributed by atoms with E-state index in [1.54, 1.807) is 4.90 Å². The summed E-state index contributed by atoms with van der Waals surface area (Å²) in [5.74, 6) is -0.110. The maximum absolute atomic E-state index is 12.7. The average Bonchev–Trinajstić information content (AvgIpc) is 2.85. The van der Waals surface area contributed by atoms with E-state index in [4.69, 9.17) is 0 Å². The Labute approximate surface area is 112 Å². The standard InChI is InChI=1S/C14H17N3O2/c1-14(6-7-15-9-14)13(19)17-8-12(18)16-10-4-2-3-5-11(10)17/h2-5,15H,6-9H2,1H3,(H,16,18). The molecule has 0 saturated carbocycles. The fourth-order valence-corrected chi connectivity index (χ4v) is 2.74. The number of amides is 2. The van der Waals surface area contributed by atoms with Gasteiger partial charge in [0, 0.05) is 6.54 Å². The fourth-order valence-electron chi connectivity index (χ4n) is 2.74. The number of anilines is 2. The SMILES string of the molecule is CC1(C(=O)N2CC(=O)Nc3ccccc32)CCNC1. The first-order valence-electron chi connectivity index (χ1n) is 6.52. The first-order valence-corrected chi connectivity index (χ1v) is 6.52. The predicted octanol–water partition coefficient (Wildman–Crippen LogP) is 0.971. The van der Waals surface area contributed by atoms with Crippen LogP contribution in [-0.4, -0.2) is 31.4 Å². The molecule has 19 heavy (non-hydrogen) atoms. The summed E-state index contributed by atoms with van der Waals surface area (Å²) in [4.78, 5) is 26.1. The van der Waals surface area contributed by atoms with Crippen molar-refractivity contribution in [2.24, 2.45) is 5.41 Å². The highest BCUT2D eigenvalue weighted by atomic mass is 16.2. The van der Waals surface area contributed by atoms with E-state index in [-0.39, 0.29) is 18.4 Å². The Morgan fingerprint density at radius 1 is 1.37 bits per heavy atom. The van der Waals surface area contributed by atoms with Crippen LogP contribution in [-0.2, 0) is 9.59 Å². The molecule has 1 aromatic carbocycles. The van der Waals surface area contributed by atoms with Gasteiger partial charge in [-0.15, -0.1) is 0 Å². The average molecular weight is 259 g/mol. The Morgan fingerprint density at radius 2 is 2.16 bits per heavy atom. The number of fused-ring (bicyclic) bond motifs is 1. The lowest BCUT2D eigenvalue weighted by Crippen LogP contribution is -2.49. The Kier molecular flexibility index (Phi) is 2.78. The molecule has 5 nitrogen and oxygen atoms in total. The highest BCUT2D eigenvalue weighted by Gasteiger charge is 2.41. The largest absolute Gasteiger partial charge is 0.323 e. The minimum Gasteiger partial charge on any atom is -0.323 e. The van der Waals surface area contributed by atoms with E-state index in [9.17, 15) is 9.59 Å². The van der Waals surface area contributed by atoms with Crippen molar-refractivity contribution in [2.75, 3.05) is 29.9 Å². The Balaban J connectivity index is 1.97. The lowest BCUT2D eigenvalue weighted by Gasteiger charge is -2.34. The van der Waals surface area contributed by atoms with E-state index in [0.29, 0.717) is 12.2 Å². The zero-order chi connectivity index (χ0) is 13.5. The summed E-state index contributed by atoms with van der Waals surface area (Å²) >= 11 is 0. The molecule has 2 aliphatic heterocycles. The number of hydrogen-bond acceptors (Lipinski definition) is 3. The molecule has 2 aliphatic rings. The second-order valence-electron chi connectivity index (χ2n) is 5.44. The van der Waals surface area contributed by atoms with Crippen molar-refractivity contribution in [1.82, 2.24) is 5.32 Å². The number of para-hydroxylation sites is 2. The summed E-state index contributed by atoms with van der Waals surface area (Å²) < 4.78 is 0. The molecule has 2 heterocycles. The number of hydrogen-bond donors (Lipinski definition) is 2. The molecule has 1 saturated heterocycles. The van der Waals surface area contributed by atoms with Crippen LogP contribution in [0, 0.1) is 5.41 Å². The van der Waals surface area contributed by atoms with Crippen LogP contribution >= 0.6 is 0 Å². The van der Waals surface area contributed by atoms with E-state index in [1.807, 2.05) is 31.2 Å². The maximum atomic E-state index is 12.7. The third-order valence-electron chi connectivity index (χ3n) is 3.90. The normalized spacial score (nSPS) is 25.9. The molecule has 3 rings (SSSR count). The van der Waals surface area contributed by atoms with Gasteiger partial charge in [0.1, 0.15) is 6.54 Å². The third kappa shape index (κ3) is 2.00. The zero-order valence-electron chi connectivity index (χ0n) is 10.9. The number of rotatable bonds is 1. The van der Waals surface area contributed by atoms with Crippen molar-refractivity contribution in [1.29, 1.82) is 0 Å². The van der Waals surface area contributed by atoms with Gasteiger partial charge >= 0.3 is 0 Å². The molecule has 1 unspecified atom stereocenters. The van der Waals surface area contributed by atoms with E-state index in [0.717, 1.165) is 18.7 Å². The van der Waals surface area contributed by atoms with Gasteiger partial charge in [0.15, 0.2) is 0 Å². The lowest BCUT2D eigenvalue weighted by atomic mass is 9.87. The quantitative estimate of drug-likeness (QED) is 0.790. The molecule has 1 fully saturated rings. The molecule has 0 radical (unpaired) electrons. The van der Waals surface area contributed by atoms with E-state index >= 15 is 0 Å². The lowest BCUT2D eigenvalue weighted by molar-refractivity contribution is -0.128. The molecule has 5 heteroatoms. The molecule has 0 bridgehead atoms. The van der Waals surface area contributed by atoms with E-state index in [1.165, 1.54) is 0 Å². The number of carbonyl (C=O) groups excluding carboxylic acids is 2. The second-order valence-corrected chi connectivity index (χ2v) is 5.44. The third-order valence-corrected chi connectivity index (χ3v) is 3.90. The first kappa shape index (κ1) is 12.2. The van der Waals surface area contributed by atoms with Gasteiger partial charge in [0.2, 0.25) is 11.8 Å². The van der Waals surface area contributed by atoms with Crippen molar-refractivity contribution in [3.8, 4) is 0 Å². The van der Waals surface area contributed by atoms with Gasteiger partial charge in [-0.3, -0.25) is 9.59 Å². The molecule has 2 amide bonds. The number of nitrogens with one attached hydrogen (secondary N) is 2. The topological polar surface area (TPSA) is 61.4 Å². The van der Waals surface area contributed by atoms with Gasteiger partial charge in [-0.25, -0.2) is 0 Å². The van der Waals surface area contributed by atoms with Crippen LogP contribution in [0.5, 0.6) is 0 Å². The minimum absolute atomic E-state index is 0.0276. The van der Waals surface area contributed by atoms with E-state index in [2.05, 4.69) is 10.6 Å². The summed E-state index contributed by atoms with van der Waals surface area (Å²) in [6.07, 6.45) is 0.812. The Hall–Kier alpha value is -1.88. The number of carbonyl (C=O) groups is 2. The Bertz CT molecular complexity index is 535. The summed E-state index contributed by atoms with van der Waals surface area (Å²) in [7, 11) is 0. The summed E-state index contributed by atoms with van der Waals surface area (Å²) in [5.41, 5.74) is 1.09. The molecule has 2 N–H and O–H groups in total. The molecule has 1 atom stereocenters. The summed E-state index contributed by atoms with van der Waals surface area (Å²) in [6, 6.07) is 7.43. The van der Waals surface area contributed by atoms with Crippen molar-refractivity contribution in [2.45, 2.75) is 13.3 Å². The maximum Gasteiger partial charge on any atom is 0.244 e. The van der Waals surface area contributed by atoms with Crippen molar-refractivity contribution >= 4 is 23.2 Å².